The molecule has 1 aromatic carbocycles. The van der Waals surface area contributed by atoms with Crippen molar-refractivity contribution in [3.63, 3.8) is 0 Å². The van der Waals surface area contributed by atoms with Crippen LogP contribution in [0.3, 0.4) is 0 Å². The van der Waals surface area contributed by atoms with Crippen molar-refractivity contribution in [1.82, 2.24) is 4.90 Å². The summed E-state index contributed by atoms with van der Waals surface area (Å²) < 4.78 is 19.1. The standard InChI is InChI=1S/C12H16FNO/c13-12(11-4-2-1-3-5-11)10-14-6-8-15-9-7-14/h1-5,12H,6-10H2/t12-/m0/s1. The number of morpholine rings is 1. The zero-order chi connectivity index (χ0) is 10.5. The summed E-state index contributed by atoms with van der Waals surface area (Å²) in [5.74, 6) is 0. The van der Waals surface area contributed by atoms with E-state index in [4.69, 9.17) is 4.74 Å². The van der Waals surface area contributed by atoms with Gasteiger partial charge >= 0.3 is 0 Å². The molecule has 2 nitrogen and oxygen atoms in total. The van der Waals surface area contributed by atoms with E-state index in [0.717, 1.165) is 31.9 Å². The van der Waals surface area contributed by atoms with Gasteiger partial charge in [-0.05, 0) is 5.56 Å². The fourth-order valence-electron chi connectivity index (χ4n) is 1.78. The minimum atomic E-state index is -0.885. The number of alkyl halides is 1. The van der Waals surface area contributed by atoms with Crippen molar-refractivity contribution in [2.24, 2.45) is 0 Å². The highest BCUT2D eigenvalue weighted by molar-refractivity contribution is 5.17. The summed E-state index contributed by atoms with van der Waals surface area (Å²) in [5.41, 5.74) is 0.768. The van der Waals surface area contributed by atoms with Crippen molar-refractivity contribution >= 4 is 0 Å². The molecular formula is C12H16FNO. The van der Waals surface area contributed by atoms with Crippen molar-refractivity contribution in [1.29, 1.82) is 0 Å². The maximum absolute atomic E-state index is 13.8. The summed E-state index contributed by atoms with van der Waals surface area (Å²) >= 11 is 0. The number of nitrogens with zero attached hydrogens (tertiary/aromatic N) is 1. The Morgan fingerprint density at radius 2 is 1.87 bits per heavy atom. The third-order valence-corrected chi connectivity index (χ3v) is 2.68. The first-order chi connectivity index (χ1) is 7.36. The van der Waals surface area contributed by atoms with Gasteiger partial charge in [-0.3, -0.25) is 4.90 Å². The van der Waals surface area contributed by atoms with Gasteiger partial charge in [-0.25, -0.2) is 4.39 Å². The molecule has 1 aliphatic heterocycles. The lowest BCUT2D eigenvalue weighted by atomic mass is 10.1. The predicted octanol–water partition coefficient (Wildman–Crippen LogP) is 2.03. The third kappa shape index (κ3) is 3.01. The molecule has 1 saturated heterocycles. The minimum Gasteiger partial charge on any atom is -0.379 e. The van der Waals surface area contributed by atoms with Gasteiger partial charge < -0.3 is 4.74 Å². The Morgan fingerprint density at radius 1 is 1.20 bits per heavy atom. The number of halogens is 1. The summed E-state index contributed by atoms with van der Waals surface area (Å²) in [6.07, 6.45) is -0.885. The molecule has 15 heavy (non-hydrogen) atoms. The summed E-state index contributed by atoms with van der Waals surface area (Å²) in [5, 5.41) is 0. The number of benzene rings is 1. The van der Waals surface area contributed by atoms with E-state index in [2.05, 4.69) is 4.90 Å². The van der Waals surface area contributed by atoms with Crippen molar-refractivity contribution in [3.05, 3.63) is 35.9 Å². The quantitative estimate of drug-likeness (QED) is 0.755. The molecule has 2 rings (SSSR count). The Balaban J connectivity index is 1.88. The maximum Gasteiger partial charge on any atom is 0.138 e. The van der Waals surface area contributed by atoms with Gasteiger partial charge in [-0.15, -0.1) is 0 Å². The average Bonchev–Trinajstić information content (AvgIpc) is 2.31. The monoisotopic (exact) mass is 209 g/mol. The zero-order valence-electron chi connectivity index (χ0n) is 8.73. The van der Waals surface area contributed by atoms with E-state index in [9.17, 15) is 4.39 Å². The topological polar surface area (TPSA) is 12.5 Å². The van der Waals surface area contributed by atoms with Gasteiger partial charge in [0.05, 0.1) is 13.2 Å². The van der Waals surface area contributed by atoms with Crippen molar-refractivity contribution < 1.29 is 9.13 Å². The summed E-state index contributed by atoms with van der Waals surface area (Å²) in [7, 11) is 0. The molecule has 1 aromatic rings. The molecule has 0 amide bonds. The molecule has 3 heteroatoms. The molecule has 82 valence electrons. The molecule has 0 radical (unpaired) electrons. The first kappa shape index (κ1) is 10.6. The highest BCUT2D eigenvalue weighted by Gasteiger charge is 2.16. The highest BCUT2D eigenvalue weighted by atomic mass is 19.1. The van der Waals surface area contributed by atoms with Crippen molar-refractivity contribution in [2.45, 2.75) is 6.17 Å². The Kier molecular flexibility index (Phi) is 3.69. The average molecular weight is 209 g/mol. The molecule has 0 aromatic heterocycles. The largest absolute Gasteiger partial charge is 0.379 e. The van der Waals surface area contributed by atoms with Crippen LogP contribution in [0.4, 0.5) is 4.39 Å². The van der Waals surface area contributed by atoms with Gasteiger partial charge in [0.25, 0.3) is 0 Å². The van der Waals surface area contributed by atoms with Gasteiger partial charge in [0.15, 0.2) is 0 Å². The molecule has 1 heterocycles. The van der Waals surface area contributed by atoms with Crippen molar-refractivity contribution in [3.8, 4) is 0 Å². The van der Waals surface area contributed by atoms with E-state index in [1.807, 2.05) is 30.3 Å². The molecule has 0 bridgehead atoms. The lowest BCUT2D eigenvalue weighted by Crippen LogP contribution is -2.38. The molecule has 0 saturated carbocycles. The smallest absolute Gasteiger partial charge is 0.138 e. The van der Waals surface area contributed by atoms with Crippen LogP contribution >= 0.6 is 0 Å². The van der Waals surface area contributed by atoms with Gasteiger partial charge in [0.2, 0.25) is 0 Å². The lowest BCUT2D eigenvalue weighted by Gasteiger charge is -2.27. The van der Waals surface area contributed by atoms with Crippen LogP contribution in [0.15, 0.2) is 30.3 Å². The van der Waals surface area contributed by atoms with Gasteiger partial charge in [0, 0.05) is 19.6 Å². The SMILES string of the molecule is F[C@@H](CN1CCOCC1)c1ccccc1. The number of rotatable bonds is 3. The zero-order valence-corrected chi connectivity index (χ0v) is 8.73. The van der Waals surface area contributed by atoms with Gasteiger partial charge in [-0.1, -0.05) is 30.3 Å². The molecule has 1 atom stereocenters. The molecule has 0 unspecified atom stereocenters. The molecular weight excluding hydrogens is 193 g/mol. The summed E-state index contributed by atoms with van der Waals surface area (Å²) in [4.78, 5) is 2.11. The first-order valence-corrected chi connectivity index (χ1v) is 5.35. The van der Waals surface area contributed by atoms with Crippen LogP contribution in [0.5, 0.6) is 0 Å². The second kappa shape index (κ2) is 5.24. The van der Waals surface area contributed by atoms with E-state index in [0.29, 0.717) is 6.54 Å². The van der Waals surface area contributed by atoms with E-state index < -0.39 is 6.17 Å². The molecule has 1 fully saturated rings. The normalized spacial score (nSPS) is 20.1. The van der Waals surface area contributed by atoms with Crippen LogP contribution in [0, 0.1) is 0 Å². The summed E-state index contributed by atoms with van der Waals surface area (Å²) in [6, 6.07) is 9.34. The first-order valence-electron chi connectivity index (χ1n) is 5.35. The lowest BCUT2D eigenvalue weighted by molar-refractivity contribution is 0.0269. The summed E-state index contributed by atoms with van der Waals surface area (Å²) in [6.45, 7) is 3.61. The number of hydrogen-bond acceptors (Lipinski definition) is 2. The number of hydrogen-bond donors (Lipinski definition) is 0. The third-order valence-electron chi connectivity index (χ3n) is 2.68. The molecule has 0 spiro atoms. The Bertz CT molecular complexity index is 285. The van der Waals surface area contributed by atoms with E-state index >= 15 is 0 Å². The van der Waals surface area contributed by atoms with E-state index in [1.54, 1.807) is 0 Å². The second-order valence-electron chi connectivity index (χ2n) is 3.79. The van der Waals surface area contributed by atoms with Crippen molar-refractivity contribution in [2.75, 3.05) is 32.8 Å². The second-order valence-corrected chi connectivity index (χ2v) is 3.79. The number of ether oxygens (including phenoxy) is 1. The fraction of sp³-hybridized carbons (Fsp3) is 0.500. The van der Waals surface area contributed by atoms with Crippen LogP contribution in [0.1, 0.15) is 11.7 Å². The van der Waals surface area contributed by atoms with E-state index in [-0.39, 0.29) is 0 Å². The molecule has 0 N–H and O–H groups in total. The highest BCUT2D eigenvalue weighted by Crippen LogP contribution is 2.18. The molecule has 0 aliphatic carbocycles. The van der Waals surface area contributed by atoms with Gasteiger partial charge in [-0.2, -0.15) is 0 Å². The van der Waals surface area contributed by atoms with Crippen LogP contribution < -0.4 is 0 Å². The van der Waals surface area contributed by atoms with Crippen LogP contribution in [-0.4, -0.2) is 37.7 Å². The minimum absolute atomic E-state index is 0.480. The molecule has 1 aliphatic rings. The van der Waals surface area contributed by atoms with Crippen LogP contribution in [-0.2, 0) is 4.74 Å². The van der Waals surface area contributed by atoms with Crippen LogP contribution in [0.25, 0.3) is 0 Å². The predicted molar refractivity (Wildman–Crippen MR) is 57.6 cm³/mol. The fourth-order valence-corrected chi connectivity index (χ4v) is 1.78. The maximum atomic E-state index is 13.8. The Labute approximate surface area is 89.7 Å². The Hall–Kier alpha value is -0.930. The van der Waals surface area contributed by atoms with E-state index in [1.165, 1.54) is 0 Å². The van der Waals surface area contributed by atoms with Gasteiger partial charge in [0.1, 0.15) is 6.17 Å². The van der Waals surface area contributed by atoms with Crippen LogP contribution in [0.2, 0.25) is 0 Å². The Morgan fingerprint density at radius 3 is 2.53 bits per heavy atom.